The van der Waals surface area contributed by atoms with E-state index in [1.54, 1.807) is 0 Å². The summed E-state index contributed by atoms with van der Waals surface area (Å²) >= 11 is 0. The second-order valence-electron chi connectivity index (χ2n) is 4.33. The van der Waals surface area contributed by atoms with Crippen molar-refractivity contribution in [2.45, 2.75) is 26.3 Å². The Balaban J connectivity index is 2.40. The van der Waals surface area contributed by atoms with Crippen molar-refractivity contribution in [3.63, 3.8) is 0 Å². The van der Waals surface area contributed by atoms with Crippen LogP contribution in [0.1, 0.15) is 20.3 Å². The first-order valence-corrected chi connectivity index (χ1v) is 5.11. The standard InChI is InChI=1S/C10H17NO4/c1-5(2)8(4-12)11-9(13)6-3-7(6)10(14)15/h5-8,12H,3-4H2,1-2H3,(H,11,13)(H,14,15)/t6?,7?,8-/m1/s1. The number of carbonyl (C=O) groups excluding carboxylic acids is 1. The number of hydrogen-bond acceptors (Lipinski definition) is 3. The molecule has 15 heavy (non-hydrogen) atoms. The summed E-state index contributed by atoms with van der Waals surface area (Å²) in [5, 5.41) is 20.3. The number of rotatable bonds is 5. The Morgan fingerprint density at radius 3 is 2.33 bits per heavy atom. The molecule has 0 radical (unpaired) electrons. The quantitative estimate of drug-likeness (QED) is 0.594. The molecule has 0 aromatic carbocycles. The van der Waals surface area contributed by atoms with E-state index in [9.17, 15) is 9.59 Å². The van der Waals surface area contributed by atoms with E-state index in [0.29, 0.717) is 6.42 Å². The smallest absolute Gasteiger partial charge is 0.307 e. The monoisotopic (exact) mass is 215 g/mol. The molecule has 1 amide bonds. The first-order chi connectivity index (χ1) is 6.97. The second kappa shape index (κ2) is 4.61. The summed E-state index contributed by atoms with van der Waals surface area (Å²) in [5.74, 6) is -1.97. The molecular formula is C10H17NO4. The summed E-state index contributed by atoms with van der Waals surface area (Å²) in [4.78, 5) is 22.0. The summed E-state index contributed by atoms with van der Waals surface area (Å²) in [5.41, 5.74) is 0. The van der Waals surface area contributed by atoms with E-state index in [1.807, 2.05) is 13.8 Å². The maximum atomic E-state index is 11.5. The van der Waals surface area contributed by atoms with Crippen LogP contribution in [0.25, 0.3) is 0 Å². The first-order valence-electron chi connectivity index (χ1n) is 5.11. The molecule has 0 aromatic heterocycles. The Bertz CT molecular complexity index is 264. The fraction of sp³-hybridized carbons (Fsp3) is 0.800. The third kappa shape index (κ3) is 2.92. The molecule has 0 aliphatic heterocycles. The Morgan fingerprint density at radius 1 is 1.40 bits per heavy atom. The van der Waals surface area contributed by atoms with Crippen LogP contribution >= 0.6 is 0 Å². The number of amides is 1. The summed E-state index contributed by atoms with van der Waals surface area (Å²) < 4.78 is 0. The van der Waals surface area contributed by atoms with Crippen molar-refractivity contribution in [3.05, 3.63) is 0 Å². The highest BCUT2D eigenvalue weighted by atomic mass is 16.4. The van der Waals surface area contributed by atoms with Crippen LogP contribution in [-0.4, -0.2) is 34.7 Å². The zero-order chi connectivity index (χ0) is 11.6. The molecule has 86 valence electrons. The van der Waals surface area contributed by atoms with Crippen LogP contribution in [0.4, 0.5) is 0 Å². The van der Waals surface area contributed by atoms with Gasteiger partial charge in [-0.15, -0.1) is 0 Å². The number of nitrogens with one attached hydrogen (secondary N) is 1. The molecule has 0 spiro atoms. The molecule has 2 unspecified atom stereocenters. The van der Waals surface area contributed by atoms with Crippen molar-refractivity contribution in [2.24, 2.45) is 17.8 Å². The maximum Gasteiger partial charge on any atom is 0.307 e. The van der Waals surface area contributed by atoms with Gasteiger partial charge in [-0.1, -0.05) is 13.8 Å². The molecule has 1 aliphatic carbocycles. The molecule has 0 bridgehead atoms. The van der Waals surface area contributed by atoms with E-state index in [-0.39, 0.29) is 24.5 Å². The number of carboxylic acids is 1. The van der Waals surface area contributed by atoms with Gasteiger partial charge in [0.05, 0.1) is 24.5 Å². The molecule has 5 nitrogen and oxygen atoms in total. The minimum atomic E-state index is -0.916. The summed E-state index contributed by atoms with van der Waals surface area (Å²) in [6.07, 6.45) is 0.414. The lowest BCUT2D eigenvalue weighted by atomic mass is 10.1. The predicted molar refractivity (Wildman–Crippen MR) is 53.1 cm³/mol. The van der Waals surface area contributed by atoms with Crippen molar-refractivity contribution in [2.75, 3.05) is 6.61 Å². The maximum absolute atomic E-state index is 11.5. The van der Waals surface area contributed by atoms with Gasteiger partial charge in [-0.2, -0.15) is 0 Å². The van der Waals surface area contributed by atoms with E-state index in [4.69, 9.17) is 10.2 Å². The Labute approximate surface area is 88.5 Å². The summed E-state index contributed by atoms with van der Waals surface area (Å²) in [6.45, 7) is 3.67. The van der Waals surface area contributed by atoms with Gasteiger partial charge in [-0.25, -0.2) is 0 Å². The summed E-state index contributed by atoms with van der Waals surface area (Å²) in [7, 11) is 0. The molecule has 3 atom stereocenters. The van der Waals surface area contributed by atoms with E-state index in [1.165, 1.54) is 0 Å². The van der Waals surface area contributed by atoms with Crippen LogP contribution in [0.3, 0.4) is 0 Å². The molecule has 1 aliphatic rings. The molecular weight excluding hydrogens is 198 g/mol. The van der Waals surface area contributed by atoms with Gasteiger partial charge in [0.1, 0.15) is 0 Å². The SMILES string of the molecule is CC(C)[C@@H](CO)NC(=O)C1CC1C(=O)O. The van der Waals surface area contributed by atoms with Crippen molar-refractivity contribution >= 4 is 11.9 Å². The number of hydrogen-bond donors (Lipinski definition) is 3. The van der Waals surface area contributed by atoms with E-state index in [0.717, 1.165) is 0 Å². The van der Waals surface area contributed by atoms with Crippen molar-refractivity contribution in [1.82, 2.24) is 5.32 Å². The van der Waals surface area contributed by atoms with Crippen LogP contribution in [0.5, 0.6) is 0 Å². The average molecular weight is 215 g/mol. The molecule has 0 saturated heterocycles. The zero-order valence-electron chi connectivity index (χ0n) is 8.93. The van der Waals surface area contributed by atoms with Crippen molar-refractivity contribution < 1.29 is 19.8 Å². The van der Waals surface area contributed by atoms with Crippen LogP contribution < -0.4 is 5.32 Å². The van der Waals surface area contributed by atoms with Crippen molar-refractivity contribution in [1.29, 1.82) is 0 Å². The van der Waals surface area contributed by atoms with Gasteiger partial charge in [-0.05, 0) is 12.3 Å². The van der Waals surface area contributed by atoms with E-state index in [2.05, 4.69) is 5.32 Å². The van der Waals surface area contributed by atoms with Gasteiger partial charge in [0, 0.05) is 0 Å². The fourth-order valence-corrected chi connectivity index (χ4v) is 1.47. The Hall–Kier alpha value is -1.10. The minimum absolute atomic E-state index is 0.117. The lowest BCUT2D eigenvalue weighted by molar-refractivity contribution is -0.140. The average Bonchev–Trinajstić information content (AvgIpc) is 2.92. The van der Waals surface area contributed by atoms with Gasteiger partial charge >= 0.3 is 5.97 Å². The van der Waals surface area contributed by atoms with Crippen LogP contribution in [0.15, 0.2) is 0 Å². The molecule has 5 heteroatoms. The lowest BCUT2D eigenvalue weighted by Crippen LogP contribution is -2.42. The van der Waals surface area contributed by atoms with Gasteiger partial charge < -0.3 is 15.5 Å². The van der Waals surface area contributed by atoms with Gasteiger partial charge in [0.25, 0.3) is 0 Å². The number of aliphatic hydroxyl groups is 1. The van der Waals surface area contributed by atoms with Crippen LogP contribution in [0.2, 0.25) is 0 Å². The fourth-order valence-electron chi connectivity index (χ4n) is 1.47. The highest BCUT2D eigenvalue weighted by Gasteiger charge is 2.48. The van der Waals surface area contributed by atoms with E-state index < -0.39 is 17.8 Å². The highest BCUT2D eigenvalue weighted by molar-refractivity contribution is 5.89. The number of carboxylic acid groups (broad SMARTS) is 1. The zero-order valence-corrected chi connectivity index (χ0v) is 8.93. The lowest BCUT2D eigenvalue weighted by Gasteiger charge is -2.19. The highest BCUT2D eigenvalue weighted by Crippen LogP contribution is 2.38. The number of aliphatic hydroxyl groups excluding tert-OH is 1. The third-order valence-corrected chi connectivity index (χ3v) is 2.77. The topological polar surface area (TPSA) is 86.6 Å². The normalized spacial score (nSPS) is 26.1. The number of carbonyl (C=O) groups is 2. The molecule has 3 N–H and O–H groups in total. The number of aliphatic carboxylic acids is 1. The molecule has 1 fully saturated rings. The Kier molecular flexibility index (Phi) is 3.68. The van der Waals surface area contributed by atoms with Crippen LogP contribution in [0, 0.1) is 17.8 Å². The van der Waals surface area contributed by atoms with Gasteiger partial charge in [0.2, 0.25) is 5.91 Å². The Morgan fingerprint density at radius 2 is 2.00 bits per heavy atom. The van der Waals surface area contributed by atoms with Gasteiger partial charge in [0.15, 0.2) is 0 Å². The molecule has 0 heterocycles. The van der Waals surface area contributed by atoms with E-state index >= 15 is 0 Å². The molecule has 1 rings (SSSR count). The first kappa shape index (κ1) is 12.0. The third-order valence-electron chi connectivity index (χ3n) is 2.77. The largest absolute Gasteiger partial charge is 0.481 e. The second-order valence-corrected chi connectivity index (χ2v) is 4.33. The molecule has 0 aromatic rings. The predicted octanol–water partition coefficient (Wildman–Crippen LogP) is -0.160. The summed E-state index contributed by atoms with van der Waals surface area (Å²) in [6, 6.07) is -0.285. The molecule has 1 saturated carbocycles. The van der Waals surface area contributed by atoms with Crippen molar-refractivity contribution in [3.8, 4) is 0 Å². The van der Waals surface area contributed by atoms with Crippen LogP contribution in [-0.2, 0) is 9.59 Å². The minimum Gasteiger partial charge on any atom is -0.481 e. The van der Waals surface area contributed by atoms with Gasteiger partial charge in [-0.3, -0.25) is 9.59 Å².